The monoisotopic (exact) mass is 364 g/mol. The van der Waals surface area contributed by atoms with E-state index in [2.05, 4.69) is 10.3 Å². The number of halogens is 1. The van der Waals surface area contributed by atoms with Crippen LogP contribution in [0.5, 0.6) is 11.5 Å². The first-order valence-corrected chi connectivity index (χ1v) is 8.82. The van der Waals surface area contributed by atoms with Crippen molar-refractivity contribution in [2.75, 3.05) is 13.2 Å². The van der Waals surface area contributed by atoms with Gasteiger partial charge >= 0.3 is 0 Å². The molecule has 0 unspecified atom stereocenters. The van der Waals surface area contributed by atoms with Crippen LogP contribution in [-0.4, -0.2) is 18.2 Å². The molecule has 0 fully saturated rings. The zero-order valence-corrected chi connectivity index (χ0v) is 15.9. The van der Waals surface area contributed by atoms with Gasteiger partial charge in [-0.15, -0.1) is 0 Å². The number of pyridine rings is 1. The molecule has 0 saturated carbocycles. The molecule has 2 rings (SSSR count). The smallest absolute Gasteiger partial charge is 0.187 e. The number of hydrogen-bond donors (Lipinski definition) is 2. The maximum atomic E-state index is 12.0. The van der Waals surface area contributed by atoms with Crippen LogP contribution in [0.15, 0.2) is 23.1 Å². The molecule has 1 aromatic heterocycles. The van der Waals surface area contributed by atoms with Gasteiger partial charge in [0.05, 0.1) is 18.2 Å². The molecule has 0 atom stereocenters. The van der Waals surface area contributed by atoms with Crippen LogP contribution in [0.3, 0.4) is 0 Å². The molecule has 0 spiro atoms. The van der Waals surface area contributed by atoms with Crippen LogP contribution in [-0.2, 0) is 13.1 Å². The van der Waals surface area contributed by atoms with E-state index in [1.165, 1.54) is 0 Å². The van der Waals surface area contributed by atoms with Crippen molar-refractivity contribution >= 4 is 11.6 Å². The highest BCUT2D eigenvalue weighted by Gasteiger charge is 2.12. The lowest BCUT2D eigenvalue weighted by molar-refractivity contribution is 0.287. The molecule has 1 aromatic carbocycles. The third kappa shape index (κ3) is 4.77. The van der Waals surface area contributed by atoms with Crippen molar-refractivity contribution in [2.45, 2.75) is 40.8 Å². The van der Waals surface area contributed by atoms with Gasteiger partial charge in [0.25, 0.3) is 0 Å². The Morgan fingerprint density at radius 1 is 1.12 bits per heavy atom. The van der Waals surface area contributed by atoms with Crippen molar-refractivity contribution in [1.82, 2.24) is 10.3 Å². The van der Waals surface area contributed by atoms with Crippen molar-refractivity contribution in [1.29, 1.82) is 0 Å². The Bertz CT molecular complexity index is 787. The number of hydrogen-bond acceptors (Lipinski definition) is 4. The van der Waals surface area contributed by atoms with Gasteiger partial charge in [-0.3, -0.25) is 4.79 Å². The minimum absolute atomic E-state index is 0.0818. The SMILES string of the molecule is CCOc1cc(CNCc2[nH]cc(C)c(=O)c2C)cc(Cl)c1OCC. The molecule has 0 radical (unpaired) electrons. The van der Waals surface area contributed by atoms with Crippen LogP contribution in [0, 0.1) is 13.8 Å². The Kier molecular flexibility index (Phi) is 6.91. The second-order valence-electron chi connectivity index (χ2n) is 5.78. The van der Waals surface area contributed by atoms with Crippen molar-refractivity contribution < 1.29 is 9.47 Å². The van der Waals surface area contributed by atoms with E-state index in [-0.39, 0.29) is 5.43 Å². The van der Waals surface area contributed by atoms with Crippen molar-refractivity contribution in [3.05, 3.63) is 56.0 Å². The summed E-state index contributed by atoms with van der Waals surface area (Å²) >= 11 is 6.33. The first kappa shape index (κ1) is 19.3. The van der Waals surface area contributed by atoms with E-state index in [4.69, 9.17) is 21.1 Å². The third-order valence-electron chi connectivity index (χ3n) is 3.90. The van der Waals surface area contributed by atoms with Crippen LogP contribution in [0.2, 0.25) is 5.02 Å². The first-order chi connectivity index (χ1) is 12.0. The van der Waals surface area contributed by atoms with Gasteiger partial charge in [-0.25, -0.2) is 0 Å². The lowest BCUT2D eigenvalue weighted by Crippen LogP contribution is -2.19. The van der Waals surface area contributed by atoms with E-state index >= 15 is 0 Å². The van der Waals surface area contributed by atoms with Gasteiger partial charge in [-0.2, -0.15) is 0 Å². The third-order valence-corrected chi connectivity index (χ3v) is 4.18. The van der Waals surface area contributed by atoms with E-state index in [0.29, 0.717) is 42.8 Å². The van der Waals surface area contributed by atoms with E-state index in [1.807, 2.05) is 32.9 Å². The number of benzene rings is 1. The summed E-state index contributed by atoms with van der Waals surface area (Å²) in [6, 6.07) is 3.80. The molecule has 136 valence electrons. The topological polar surface area (TPSA) is 63.3 Å². The van der Waals surface area contributed by atoms with Crippen LogP contribution in [0.25, 0.3) is 0 Å². The molecule has 2 N–H and O–H groups in total. The zero-order chi connectivity index (χ0) is 18.4. The minimum atomic E-state index is 0.0818. The second kappa shape index (κ2) is 8.92. The Labute approximate surface area is 153 Å². The van der Waals surface area contributed by atoms with E-state index in [9.17, 15) is 4.79 Å². The van der Waals surface area contributed by atoms with Crippen molar-refractivity contribution in [3.63, 3.8) is 0 Å². The fourth-order valence-corrected chi connectivity index (χ4v) is 2.88. The van der Waals surface area contributed by atoms with Crippen LogP contribution >= 0.6 is 11.6 Å². The highest BCUT2D eigenvalue weighted by atomic mass is 35.5. The fraction of sp³-hybridized carbons (Fsp3) is 0.421. The molecule has 5 nitrogen and oxygen atoms in total. The summed E-state index contributed by atoms with van der Waals surface area (Å²) in [4.78, 5) is 15.2. The number of rotatable bonds is 8. The van der Waals surface area contributed by atoms with Gasteiger partial charge in [0, 0.05) is 36.1 Å². The molecule has 0 saturated heterocycles. The number of H-pyrrole nitrogens is 1. The number of nitrogens with one attached hydrogen (secondary N) is 2. The minimum Gasteiger partial charge on any atom is -0.490 e. The van der Waals surface area contributed by atoms with Crippen LogP contribution in [0.1, 0.15) is 36.2 Å². The van der Waals surface area contributed by atoms with Gasteiger partial charge < -0.3 is 19.8 Å². The lowest BCUT2D eigenvalue weighted by atomic mass is 10.1. The maximum absolute atomic E-state index is 12.0. The van der Waals surface area contributed by atoms with Gasteiger partial charge in [-0.05, 0) is 45.4 Å². The van der Waals surface area contributed by atoms with Crippen molar-refractivity contribution in [2.24, 2.45) is 0 Å². The Morgan fingerprint density at radius 2 is 1.84 bits per heavy atom. The van der Waals surface area contributed by atoms with E-state index in [1.54, 1.807) is 13.1 Å². The van der Waals surface area contributed by atoms with E-state index in [0.717, 1.165) is 22.4 Å². The van der Waals surface area contributed by atoms with Crippen LogP contribution in [0.4, 0.5) is 0 Å². The largest absolute Gasteiger partial charge is 0.490 e. The fourth-order valence-electron chi connectivity index (χ4n) is 2.59. The number of ether oxygens (including phenoxy) is 2. The van der Waals surface area contributed by atoms with Gasteiger partial charge in [0.2, 0.25) is 0 Å². The second-order valence-corrected chi connectivity index (χ2v) is 6.19. The average molecular weight is 365 g/mol. The summed E-state index contributed by atoms with van der Waals surface area (Å²) in [5, 5.41) is 3.86. The summed E-state index contributed by atoms with van der Waals surface area (Å²) in [5.74, 6) is 1.22. The number of aryl methyl sites for hydroxylation is 1. The molecule has 6 heteroatoms. The number of aromatic amines is 1. The maximum Gasteiger partial charge on any atom is 0.187 e. The predicted molar refractivity (Wildman–Crippen MR) is 101 cm³/mol. The quantitative estimate of drug-likeness (QED) is 0.749. The first-order valence-electron chi connectivity index (χ1n) is 8.44. The molecule has 0 aliphatic heterocycles. The normalized spacial score (nSPS) is 10.8. The summed E-state index contributed by atoms with van der Waals surface area (Å²) < 4.78 is 11.2. The Hall–Kier alpha value is -1.98. The summed E-state index contributed by atoms with van der Waals surface area (Å²) in [6.45, 7) is 9.70. The predicted octanol–water partition coefficient (Wildman–Crippen LogP) is 3.73. The standard InChI is InChI=1S/C19H25ClN2O3/c1-5-24-17-8-14(7-15(20)19(17)25-6-2)10-21-11-16-13(4)18(23)12(3)9-22-16/h7-9,21H,5-6,10-11H2,1-4H3,(H,22,23). The molecular weight excluding hydrogens is 340 g/mol. The molecule has 0 bridgehead atoms. The van der Waals surface area contributed by atoms with Gasteiger partial charge in [0.15, 0.2) is 16.9 Å². The number of aromatic nitrogens is 1. The zero-order valence-electron chi connectivity index (χ0n) is 15.2. The lowest BCUT2D eigenvalue weighted by Gasteiger charge is -2.15. The molecule has 0 aliphatic carbocycles. The average Bonchev–Trinajstić information content (AvgIpc) is 2.58. The Balaban J connectivity index is 2.10. The highest BCUT2D eigenvalue weighted by molar-refractivity contribution is 6.32. The van der Waals surface area contributed by atoms with Crippen LogP contribution < -0.4 is 20.2 Å². The molecule has 25 heavy (non-hydrogen) atoms. The molecule has 1 heterocycles. The molecular formula is C19H25ClN2O3. The highest BCUT2D eigenvalue weighted by Crippen LogP contribution is 2.36. The van der Waals surface area contributed by atoms with E-state index < -0.39 is 0 Å². The van der Waals surface area contributed by atoms with Gasteiger partial charge in [0.1, 0.15) is 0 Å². The molecule has 0 amide bonds. The summed E-state index contributed by atoms with van der Waals surface area (Å²) in [7, 11) is 0. The molecule has 2 aromatic rings. The molecule has 0 aliphatic rings. The summed E-state index contributed by atoms with van der Waals surface area (Å²) in [5.41, 5.74) is 3.42. The Morgan fingerprint density at radius 3 is 2.52 bits per heavy atom. The van der Waals surface area contributed by atoms with Gasteiger partial charge in [-0.1, -0.05) is 11.6 Å². The van der Waals surface area contributed by atoms with Crippen molar-refractivity contribution in [3.8, 4) is 11.5 Å². The summed E-state index contributed by atoms with van der Waals surface area (Å²) in [6.07, 6.45) is 1.74.